The zero-order valence-electron chi connectivity index (χ0n) is 8.65. The summed E-state index contributed by atoms with van der Waals surface area (Å²) in [5, 5.41) is 9.13. The molecule has 2 nitrogen and oxygen atoms in total. The molecule has 1 aromatic carbocycles. The summed E-state index contributed by atoms with van der Waals surface area (Å²) in [7, 11) is 0. The number of nitrogens with zero attached hydrogens (tertiary/aromatic N) is 1. The Balaban J connectivity index is 2.41. The minimum Gasteiger partial charge on any atom is -0.449 e. The highest BCUT2D eigenvalue weighted by Gasteiger charge is 2.06. The van der Waals surface area contributed by atoms with Gasteiger partial charge in [-0.2, -0.15) is 5.26 Å². The summed E-state index contributed by atoms with van der Waals surface area (Å²) in [6.45, 7) is 0. The SMILES string of the molecule is N#C/C(=C/c1cc(Br)c(Br)o1)c1ccccc1. The van der Waals surface area contributed by atoms with E-state index in [9.17, 15) is 0 Å². The van der Waals surface area contributed by atoms with Gasteiger partial charge in [-0.3, -0.25) is 0 Å². The summed E-state index contributed by atoms with van der Waals surface area (Å²) in [5.41, 5.74) is 1.44. The van der Waals surface area contributed by atoms with Crippen molar-refractivity contribution >= 4 is 43.5 Å². The molecule has 0 aliphatic carbocycles. The predicted octanol–water partition coefficient (Wildman–Crippen LogP) is 4.87. The lowest BCUT2D eigenvalue weighted by molar-refractivity contribution is 0.530. The van der Waals surface area contributed by atoms with E-state index in [4.69, 9.17) is 9.68 Å². The molecule has 0 fully saturated rings. The largest absolute Gasteiger partial charge is 0.449 e. The molecule has 0 amide bonds. The van der Waals surface area contributed by atoms with Gasteiger partial charge in [0.2, 0.25) is 0 Å². The predicted molar refractivity (Wildman–Crippen MR) is 74.0 cm³/mol. The first kappa shape index (κ1) is 12.2. The van der Waals surface area contributed by atoms with E-state index >= 15 is 0 Å². The Morgan fingerprint density at radius 1 is 1.24 bits per heavy atom. The van der Waals surface area contributed by atoms with Crippen molar-refractivity contribution in [3.05, 3.63) is 56.9 Å². The first-order valence-electron chi connectivity index (χ1n) is 4.83. The number of hydrogen-bond acceptors (Lipinski definition) is 2. The number of furan rings is 1. The Kier molecular flexibility index (Phi) is 3.82. The van der Waals surface area contributed by atoms with E-state index in [0.29, 0.717) is 16.0 Å². The molecule has 0 spiro atoms. The molecule has 0 N–H and O–H groups in total. The van der Waals surface area contributed by atoms with Crippen LogP contribution in [0.5, 0.6) is 0 Å². The molecule has 0 saturated carbocycles. The van der Waals surface area contributed by atoms with Gasteiger partial charge in [-0.1, -0.05) is 30.3 Å². The average Bonchev–Trinajstić information content (AvgIpc) is 2.67. The fraction of sp³-hybridized carbons (Fsp3) is 0. The minimum absolute atomic E-state index is 0.569. The van der Waals surface area contributed by atoms with Crippen LogP contribution in [0.25, 0.3) is 11.6 Å². The Morgan fingerprint density at radius 3 is 2.47 bits per heavy atom. The molecule has 1 heterocycles. The molecule has 0 radical (unpaired) electrons. The highest BCUT2D eigenvalue weighted by Crippen LogP contribution is 2.29. The number of rotatable bonds is 2. The van der Waals surface area contributed by atoms with Gasteiger partial charge >= 0.3 is 0 Å². The van der Waals surface area contributed by atoms with Crippen molar-refractivity contribution in [1.29, 1.82) is 5.26 Å². The van der Waals surface area contributed by atoms with Gasteiger partial charge in [-0.05, 0) is 49.6 Å². The van der Waals surface area contributed by atoms with E-state index in [1.165, 1.54) is 0 Å². The van der Waals surface area contributed by atoms with Gasteiger partial charge in [0.05, 0.1) is 16.1 Å². The molecule has 1 aromatic heterocycles. The molecule has 0 saturated heterocycles. The summed E-state index contributed by atoms with van der Waals surface area (Å²) < 4.78 is 6.86. The van der Waals surface area contributed by atoms with Crippen molar-refractivity contribution in [3.8, 4) is 6.07 Å². The minimum atomic E-state index is 0.569. The van der Waals surface area contributed by atoms with Crippen LogP contribution in [0.15, 0.2) is 50.0 Å². The lowest BCUT2D eigenvalue weighted by atomic mass is 10.1. The zero-order chi connectivity index (χ0) is 12.3. The Bertz CT molecular complexity index is 574. The van der Waals surface area contributed by atoms with E-state index < -0.39 is 0 Å². The molecule has 4 heteroatoms. The maximum Gasteiger partial charge on any atom is 0.184 e. The van der Waals surface area contributed by atoms with Gasteiger partial charge in [-0.15, -0.1) is 0 Å². The lowest BCUT2D eigenvalue weighted by Gasteiger charge is -1.96. The van der Waals surface area contributed by atoms with Crippen LogP contribution in [-0.2, 0) is 0 Å². The van der Waals surface area contributed by atoms with Gasteiger partial charge in [0.1, 0.15) is 5.76 Å². The molecule has 0 aliphatic rings. The number of hydrogen-bond donors (Lipinski definition) is 0. The second-order valence-corrected chi connectivity index (χ2v) is 4.88. The first-order valence-corrected chi connectivity index (χ1v) is 6.41. The number of allylic oxidation sites excluding steroid dienone is 1. The van der Waals surface area contributed by atoms with Crippen molar-refractivity contribution < 1.29 is 4.42 Å². The second kappa shape index (κ2) is 5.35. The third-order valence-corrected chi connectivity index (χ3v) is 3.87. The number of nitriles is 1. The quantitative estimate of drug-likeness (QED) is 0.723. The van der Waals surface area contributed by atoms with Gasteiger partial charge in [0, 0.05) is 0 Å². The third-order valence-electron chi connectivity index (χ3n) is 2.16. The van der Waals surface area contributed by atoms with Crippen LogP contribution in [0.2, 0.25) is 0 Å². The maximum atomic E-state index is 9.13. The highest BCUT2D eigenvalue weighted by atomic mass is 79.9. The Morgan fingerprint density at radius 2 is 1.94 bits per heavy atom. The standard InChI is InChI=1S/C13H7Br2NO/c14-12-7-11(17-13(12)15)6-10(8-16)9-4-2-1-3-5-9/h1-7H/b10-6-. The molecule has 2 rings (SSSR count). The Hall–Kier alpha value is -1.31. The Labute approximate surface area is 116 Å². The maximum absolute atomic E-state index is 9.13. The van der Waals surface area contributed by atoms with Crippen molar-refractivity contribution in [2.45, 2.75) is 0 Å². The van der Waals surface area contributed by atoms with Gasteiger partial charge in [-0.25, -0.2) is 0 Å². The molecular formula is C13H7Br2NO. The molecule has 0 bridgehead atoms. The normalized spacial score (nSPS) is 11.2. The van der Waals surface area contributed by atoms with Crippen molar-refractivity contribution in [3.63, 3.8) is 0 Å². The molecule has 0 atom stereocenters. The van der Waals surface area contributed by atoms with Gasteiger partial charge < -0.3 is 4.42 Å². The summed E-state index contributed by atoms with van der Waals surface area (Å²) in [6.07, 6.45) is 1.71. The molecule has 84 valence electrons. The summed E-state index contributed by atoms with van der Waals surface area (Å²) in [5.74, 6) is 0.629. The highest BCUT2D eigenvalue weighted by molar-refractivity contribution is 9.13. The van der Waals surface area contributed by atoms with E-state index in [1.54, 1.807) is 6.08 Å². The van der Waals surface area contributed by atoms with E-state index in [0.717, 1.165) is 10.0 Å². The molecular weight excluding hydrogens is 346 g/mol. The summed E-state index contributed by atoms with van der Waals surface area (Å²) >= 11 is 6.59. The molecule has 0 unspecified atom stereocenters. The van der Waals surface area contributed by atoms with E-state index in [-0.39, 0.29) is 0 Å². The van der Waals surface area contributed by atoms with E-state index in [2.05, 4.69) is 37.9 Å². The molecule has 17 heavy (non-hydrogen) atoms. The number of benzene rings is 1. The average molecular weight is 353 g/mol. The lowest BCUT2D eigenvalue weighted by Crippen LogP contribution is -1.79. The fourth-order valence-corrected chi connectivity index (χ4v) is 1.98. The molecule has 2 aromatic rings. The topological polar surface area (TPSA) is 36.9 Å². The van der Waals surface area contributed by atoms with E-state index in [1.807, 2.05) is 36.4 Å². The van der Waals surface area contributed by atoms with Crippen LogP contribution in [0.3, 0.4) is 0 Å². The second-order valence-electron chi connectivity index (χ2n) is 3.31. The van der Waals surface area contributed by atoms with Crippen LogP contribution in [0, 0.1) is 11.3 Å². The third kappa shape index (κ3) is 2.87. The van der Waals surface area contributed by atoms with Crippen LogP contribution in [0.1, 0.15) is 11.3 Å². The van der Waals surface area contributed by atoms with Crippen molar-refractivity contribution in [2.75, 3.05) is 0 Å². The van der Waals surface area contributed by atoms with Crippen LogP contribution < -0.4 is 0 Å². The van der Waals surface area contributed by atoms with Crippen LogP contribution >= 0.6 is 31.9 Å². The van der Waals surface area contributed by atoms with Crippen molar-refractivity contribution in [1.82, 2.24) is 0 Å². The molecule has 0 aliphatic heterocycles. The first-order chi connectivity index (χ1) is 8.20. The van der Waals surface area contributed by atoms with Crippen LogP contribution in [-0.4, -0.2) is 0 Å². The zero-order valence-corrected chi connectivity index (χ0v) is 11.8. The van der Waals surface area contributed by atoms with Crippen LogP contribution in [0.4, 0.5) is 0 Å². The summed E-state index contributed by atoms with van der Waals surface area (Å²) in [4.78, 5) is 0. The monoisotopic (exact) mass is 351 g/mol. The van der Waals surface area contributed by atoms with Gasteiger partial charge in [0.25, 0.3) is 0 Å². The van der Waals surface area contributed by atoms with Gasteiger partial charge in [0.15, 0.2) is 4.67 Å². The fourth-order valence-electron chi connectivity index (χ4n) is 1.37. The van der Waals surface area contributed by atoms with Crippen molar-refractivity contribution in [2.24, 2.45) is 0 Å². The smallest absolute Gasteiger partial charge is 0.184 e. The summed E-state index contributed by atoms with van der Waals surface area (Å²) in [6, 6.07) is 13.5. The number of halogens is 2.